The van der Waals surface area contributed by atoms with Gasteiger partial charge in [0.15, 0.2) is 0 Å². The van der Waals surface area contributed by atoms with E-state index in [0.717, 1.165) is 18.5 Å². The molecule has 2 heterocycles. The zero-order chi connectivity index (χ0) is 11.8. The molecule has 0 aromatic carbocycles. The van der Waals surface area contributed by atoms with Crippen LogP contribution in [-0.4, -0.2) is 54.1 Å². The Morgan fingerprint density at radius 2 is 2.00 bits per heavy atom. The highest BCUT2D eigenvalue weighted by molar-refractivity contribution is 4.93. The van der Waals surface area contributed by atoms with Gasteiger partial charge >= 0.3 is 0 Å². The number of piperidine rings is 1. The summed E-state index contributed by atoms with van der Waals surface area (Å²) in [5.41, 5.74) is 6.28. The van der Waals surface area contributed by atoms with Crippen molar-refractivity contribution in [3.63, 3.8) is 0 Å². The van der Waals surface area contributed by atoms with Gasteiger partial charge in [-0.1, -0.05) is 6.42 Å². The highest BCUT2D eigenvalue weighted by Gasteiger charge is 2.36. The second kappa shape index (κ2) is 4.87. The number of piperazine rings is 1. The molecule has 3 rings (SSSR count). The second-order valence-corrected chi connectivity index (χ2v) is 6.45. The van der Waals surface area contributed by atoms with Gasteiger partial charge in [-0.05, 0) is 45.1 Å². The van der Waals surface area contributed by atoms with E-state index >= 15 is 0 Å². The largest absolute Gasteiger partial charge is 0.326 e. The number of hydrogen-bond donors (Lipinski definition) is 1. The normalized spacial score (nSPS) is 37.8. The standard InChI is InChI=1S/C14H27N3/c1-11-8-16-7-3-2-4-13(16)9-17(11)10-14(15)12-5-6-12/h11-14H,2-10,15H2,1H3. The van der Waals surface area contributed by atoms with Gasteiger partial charge in [0.05, 0.1) is 0 Å². The Labute approximate surface area is 105 Å². The van der Waals surface area contributed by atoms with Gasteiger partial charge in [0.1, 0.15) is 0 Å². The average Bonchev–Trinajstić information content (AvgIpc) is 3.14. The molecule has 2 saturated heterocycles. The summed E-state index contributed by atoms with van der Waals surface area (Å²) in [6.45, 7) is 7.38. The van der Waals surface area contributed by atoms with Crippen molar-refractivity contribution in [2.75, 3.05) is 26.2 Å². The molecule has 0 bridgehead atoms. The van der Waals surface area contributed by atoms with Crippen molar-refractivity contribution in [1.82, 2.24) is 9.80 Å². The molecule has 0 radical (unpaired) electrons. The fourth-order valence-corrected chi connectivity index (χ4v) is 3.61. The van der Waals surface area contributed by atoms with Crippen molar-refractivity contribution in [3.8, 4) is 0 Å². The summed E-state index contributed by atoms with van der Waals surface area (Å²) in [5.74, 6) is 0.839. The molecule has 3 heteroatoms. The third kappa shape index (κ3) is 2.67. The first-order valence-corrected chi connectivity index (χ1v) is 7.47. The first-order valence-electron chi connectivity index (χ1n) is 7.47. The van der Waals surface area contributed by atoms with Crippen molar-refractivity contribution < 1.29 is 0 Å². The van der Waals surface area contributed by atoms with E-state index in [1.807, 2.05) is 0 Å². The van der Waals surface area contributed by atoms with Crippen LogP contribution in [0.4, 0.5) is 0 Å². The topological polar surface area (TPSA) is 32.5 Å². The van der Waals surface area contributed by atoms with Crippen LogP contribution in [0.2, 0.25) is 0 Å². The Hall–Kier alpha value is -0.120. The van der Waals surface area contributed by atoms with Crippen molar-refractivity contribution >= 4 is 0 Å². The maximum Gasteiger partial charge on any atom is 0.0223 e. The Bertz CT molecular complexity index is 264. The van der Waals surface area contributed by atoms with Crippen molar-refractivity contribution in [1.29, 1.82) is 0 Å². The lowest BCUT2D eigenvalue weighted by Gasteiger charge is -2.48. The second-order valence-electron chi connectivity index (χ2n) is 6.45. The zero-order valence-corrected chi connectivity index (χ0v) is 11.1. The van der Waals surface area contributed by atoms with Crippen LogP contribution in [0.5, 0.6) is 0 Å². The van der Waals surface area contributed by atoms with Crippen molar-refractivity contribution in [2.24, 2.45) is 11.7 Å². The molecular weight excluding hydrogens is 210 g/mol. The summed E-state index contributed by atoms with van der Waals surface area (Å²) in [7, 11) is 0. The fraction of sp³-hybridized carbons (Fsp3) is 1.00. The average molecular weight is 237 g/mol. The van der Waals surface area contributed by atoms with Gasteiger partial charge in [-0.2, -0.15) is 0 Å². The first-order chi connectivity index (χ1) is 8.24. The molecule has 17 heavy (non-hydrogen) atoms. The van der Waals surface area contributed by atoms with E-state index in [4.69, 9.17) is 5.73 Å². The molecule has 1 aliphatic carbocycles. The smallest absolute Gasteiger partial charge is 0.0223 e. The molecule has 3 nitrogen and oxygen atoms in total. The molecule has 3 unspecified atom stereocenters. The van der Waals surface area contributed by atoms with Crippen LogP contribution in [0.25, 0.3) is 0 Å². The van der Waals surface area contributed by atoms with Gasteiger partial charge in [0.2, 0.25) is 0 Å². The highest BCUT2D eigenvalue weighted by Crippen LogP contribution is 2.33. The van der Waals surface area contributed by atoms with Crippen molar-refractivity contribution in [2.45, 2.75) is 57.2 Å². The molecule has 1 saturated carbocycles. The monoisotopic (exact) mass is 237 g/mol. The number of nitrogens with zero attached hydrogens (tertiary/aromatic N) is 2. The minimum atomic E-state index is 0.438. The summed E-state index contributed by atoms with van der Waals surface area (Å²) in [4.78, 5) is 5.38. The lowest BCUT2D eigenvalue weighted by Crippen LogP contribution is -2.60. The summed E-state index contributed by atoms with van der Waals surface area (Å²) >= 11 is 0. The number of rotatable bonds is 3. The number of nitrogens with two attached hydrogens (primary N) is 1. The minimum absolute atomic E-state index is 0.438. The van der Waals surface area contributed by atoms with E-state index in [9.17, 15) is 0 Å². The van der Waals surface area contributed by atoms with E-state index in [2.05, 4.69) is 16.7 Å². The third-order valence-corrected chi connectivity index (χ3v) is 4.99. The molecule has 98 valence electrons. The Morgan fingerprint density at radius 3 is 2.76 bits per heavy atom. The Balaban J connectivity index is 1.56. The van der Waals surface area contributed by atoms with E-state index in [-0.39, 0.29) is 0 Å². The molecule has 0 amide bonds. The van der Waals surface area contributed by atoms with Crippen LogP contribution >= 0.6 is 0 Å². The predicted molar refractivity (Wildman–Crippen MR) is 70.9 cm³/mol. The quantitative estimate of drug-likeness (QED) is 0.802. The molecule has 2 aliphatic heterocycles. The van der Waals surface area contributed by atoms with E-state index < -0.39 is 0 Å². The molecule has 0 spiro atoms. The van der Waals surface area contributed by atoms with E-state index in [1.54, 1.807) is 0 Å². The highest BCUT2D eigenvalue weighted by atomic mass is 15.3. The van der Waals surface area contributed by atoms with Gasteiger partial charge in [-0.15, -0.1) is 0 Å². The zero-order valence-electron chi connectivity index (χ0n) is 11.1. The SMILES string of the molecule is CC1CN2CCCCC2CN1CC(N)C1CC1. The summed E-state index contributed by atoms with van der Waals surface area (Å²) in [6, 6.07) is 1.97. The van der Waals surface area contributed by atoms with Crippen LogP contribution in [0.15, 0.2) is 0 Å². The van der Waals surface area contributed by atoms with Crippen LogP contribution in [0.3, 0.4) is 0 Å². The Kier molecular flexibility index (Phi) is 3.42. The molecule has 3 aliphatic rings. The van der Waals surface area contributed by atoms with E-state index in [0.29, 0.717) is 12.1 Å². The summed E-state index contributed by atoms with van der Waals surface area (Å²) in [5, 5.41) is 0. The van der Waals surface area contributed by atoms with Gasteiger partial charge in [-0.25, -0.2) is 0 Å². The van der Waals surface area contributed by atoms with Crippen LogP contribution < -0.4 is 5.73 Å². The molecule has 3 atom stereocenters. The summed E-state index contributed by atoms with van der Waals surface area (Å²) in [6.07, 6.45) is 6.99. The summed E-state index contributed by atoms with van der Waals surface area (Å²) < 4.78 is 0. The molecular formula is C14H27N3. The molecule has 2 N–H and O–H groups in total. The third-order valence-electron chi connectivity index (χ3n) is 4.99. The predicted octanol–water partition coefficient (Wildman–Crippen LogP) is 1.28. The lowest BCUT2D eigenvalue weighted by molar-refractivity contribution is 0.0117. The van der Waals surface area contributed by atoms with Crippen LogP contribution in [-0.2, 0) is 0 Å². The number of fused-ring (bicyclic) bond motifs is 1. The first kappa shape index (κ1) is 11.9. The van der Waals surface area contributed by atoms with Crippen molar-refractivity contribution in [3.05, 3.63) is 0 Å². The minimum Gasteiger partial charge on any atom is -0.326 e. The fourth-order valence-electron chi connectivity index (χ4n) is 3.61. The molecule has 0 aromatic heterocycles. The van der Waals surface area contributed by atoms with Crippen LogP contribution in [0, 0.1) is 5.92 Å². The van der Waals surface area contributed by atoms with Gasteiger partial charge < -0.3 is 5.73 Å². The van der Waals surface area contributed by atoms with Gasteiger partial charge in [0.25, 0.3) is 0 Å². The Morgan fingerprint density at radius 1 is 1.18 bits per heavy atom. The van der Waals surface area contributed by atoms with Gasteiger partial charge in [0, 0.05) is 37.8 Å². The molecule has 3 fully saturated rings. The number of hydrogen-bond acceptors (Lipinski definition) is 3. The van der Waals surface area contributed by atoms with E-state index in [1.165, 1.54) is 51.7 Å². The lowest BCUT2D eigenvalue weighted by atomic mass is 9.96. The van der Waals surface area contributed by atoms with Gasteiger partial charge in [-0.3, -0.25) is 9.80 Å². The maximum absolute atomic E-state index is 6.28. The van der Waals surface area contributed by atoms with Crippen LogP contribution in [0.1, 0.15) is 39.0 Å². The maximum atomic E-state index is 6.28. The molecule has 0 aromatic rings.